The number of ether oxygens (including phenoxy) is 2. The zero-order chi connectivity index (χ0) is 15.9. The number of hydrogen-bond donors (Lipinski definition) is 1. The van der Waals surface area contributed by atoms with Crippen molar-refractivity contribution in [2.75, 3.05) is 12.4 Å². The van der Waals surface area contributed by atoms with Gasteiger partial charge in [-0.15, -0.1) is 0 Å². The second-order valence-electron chi connectivity index (χ2n) is 4.69. The van der Waals surface area contributed by atoms with Crippen molar-refractivity contribution in [1.82, 2.24) is 0 Å². The van der Waals surface area contributed by atoms with Crippen LogP contribution in [0.2, 0.25) is 5.02 Å². The van der Waals surface area contributed by atoms with Crippen LogP contribution in [0.4, 0.5) is 5.69 Å². The fourth-order valence-corrected chi connectivity index (χ4v) is 2.10. The van der Waals surface area contributed by atoms with Crippen molar-refractivity contribution in [3.8, 4) is 11.5 Å². The number of carbonyl (C=O) groups is 1. The van der Waals surface area contributed by atoms with Gasteiger partial charge in [0.1, 0.15) is 11.5 Å². The molecule has 0 radical (unpaired) electrons. The zero-order valence-corrected chi connectivity index (χ0v) is 13.3. The van der Waals surface area contributed by atoms with E-state index in [9.17, 15) is 4.79 Å². The highest BCUT2D eigenvalue weighted by Gasteiger charge is 2.18. The Morgan fingerprint density at radius 2 is 1.91 bits per heavy atom. The molecule has 116 valence electrons. The van der Waals surface area contributed by atoms with Crippen LogP contribution < -0.4 is 14.8 Å². The first-order chi connectivity index (χ1) is 10.6. The Hall–Kier alpha value is -2.20. The van der Waals surface area contributed by atoms with Gasteiger partial charge in [0.25, 0.3) is 5.91 Å². The van der Waals surface area contributed by atoms with Crippen molar-refractivity contribution >= 4 is 23.2 Å². The smallest absolute Gasteiger partial charge is 0.265 e. The van der Waals surface area contributed by atoms with Crippen molar-refractivity contribution < 1.29 is 14.3 Å². The fraction of sp³-hybridized carbons (Fsp3) is 0.235. The van der Waals surface area contributed by atoms with Crippen LogP contribution in [-0.2, 0) is 4.79 Å². The molecule has 2 aromatic rings. The lowest BCUT2D eigenvalue weighted by atomic mass is 10.2. The van der Waals surface area contributed by atoms with E-state index >= 15 is 0 Å². The van der Waals surface area contributed by atoms with E-state index in [-0.39, 0.29) is 5.91 Å². The lowest BCUT2D eigenvalue weighted by Gasteiger charge is -2.17. The Kier molecular flexibility index (Phi) is 5.67. The number of nitrogens with one attached hydrogen (secondary N) is 1. The van der Waals surface area contributed by atoms with Crippen LogP contribution in [0.3, 0.4) is 0 Å². The highest BCUT2D eigenvalue weighted by Crippen LogP contribution is 2.20. The summed E-state index contributed by atoms with van der Waals surface area (Å²) >= 11 is 5.92. The van der Waals surface area contributed by atoms with Crippen molar-refractivity contribution in [1.29, 1.82) is 0 Å². The van der Waals surface area contributed by atoms with Crippen molar-refractivity contribution in [2.45, 2.75) is 19.4 Å². The maximum absolute atomic E-state index is 12.3. The Morgan fingerprint density at radius 1 is 1.18 bits per heavy atom. The lowest BCUT2D eigenvalue weighted by Crippen LogP contribution is -2.32. The Balaban J connectivity index is 2.01. The van der Waals surface area contributed by atoms with E-state index in [0.717, 1.165) is 5.75 Å². The number of hydrogen-bond acceptors (Lipinski definition) is 3. The van der Waals surface area contributed by atoms with Gasteiger partial charge >= 0.3 is 0 Å². The third kappa shape index (κ3) is 4.40. The van der Waals surface area contributed by atoms with E-state index in [1.807, 2.05) is 6.92 Å². The van der Waals surface area contributed by atoms with Gasteiger partial charge in [0.05, 0.1) is 7.11 Å². The van der Waals surface area contributed by atoms with Crippen LogP contribution in [0.15, 0.2) is 48.5 Å². The normalized spacial score (nSPS) is 11.6. The summed E-state index contributed by atoms with van der Waals surface area (Å²) in [5, 5.41) is 3.40. The minimum atomic E-state index is -0.583. The van der Waals surface area contributed by atoms with E-state index in [0.29, 0.717) is 22.9 Å². The molecular weight excluding hydrogens is 302 g/mol. The molecule has 1 amide bonds. The number of amides is 1. The highest BCUT2D eigenvalue weighted by atomic mass is 35.5. The van der Waals surface area contributed by atoms with Crippen LogP contribution in [0.1, 0.15) is 13.3 Å². The number of methoxy groups -OCH3 is 1. The second-order valence-corrected chi connectivity index (χ2v) is 5.13. The van der Waals surface area contributed by atoms with Crippen molar-refractivity contribution in [3.05, 3.63) is 53.6 Å². The molecule has 0 fully saturated rings. The third-order valence-corrected chi connectivity index (χ3v) is 3.33. The monoisotopic (exact) mass is 319 g/mol. The highest BCUT2D eigenvalue weighted by molar-refractivity contribution is 6.30. The molecule has 0 saturated carbocycles. The first kappa shape index (κ1) is 16.2. The molecule has 4 nitrogen and oxygen atoms in total. The molecule has 1 N–H and O–H groups in total. The minimum absolute atomic E-state index is 0.201. The summed E-state index contributed by atoms with van der Waals surface area (Å²) in [6.45, 7) is 1.89. The van der Waals surface area contributed by atoms with Gasteiger partial charge in [-0.3, -0.25) is 4.79 Å². The average molecular weight is 320 g/mol. The largest absolute Gasteiger partial charge is 0.497 e. The molecule has 1 unspecified atom stereocenters. The molecule has 0 bridgehead atoms. The maximum Gasteiger partial charge on any atom is 0.265 e. The summed E-state index contributed by atoms with van der Waals surface area (Å²) in [4.78, 5) is 12.3. The molecule has 0 aromatic heterocycles. The van der Waals surface area contributed by atoms with Gasteiger partial charge in [-0.1, -0.05) is 24.6 Å². The molecule has 0 saturated heterocycles. The number of halogens is 1. The van der Waals surface area contributed by atoms with E-state index in [2.05, 4.69) is 5.32 Å². The van der Waals surface area contributed by atoms with Gasteiger partial charge < -0.3 is 14.8 Å². The molecule has 0 heterocycles. The molecule has 1 atom stereocenters. The average Bonchev–Trinajstić information content (AvgIpc) is 2.53. The number of carbonyl (C=O) groups excluding carboxylic acids is 1. The van der Waals surface area contributed by atoms with Gasteiger partial charge in [0.15, 0.2) is 6.10 Å². The van der Waals surface area contributed by atoms with Crippen LogP contribution in [0, 0.1) is 0 Å². The van der Waals surface area contributed by atoms with Crippen LogP contribution >= 0.6 is 11.6 Å². The molecule has 2 rings (SSSR count). The van der Waals surface area contributed by atoms with Gasteiger partial charge in [-0.2, -0.15) is 0 Å². The minimum Gasteiger partial charge on any atom is -0.497 e. The van der Waals surface area contributed by atoms with Crippen molar-refractivity contribution in [2.24, 2.45) is 0 Å². The topological polar surface area (TPSA) is 47.6 Å². The molecule has 0 aliphatic carbocycles. The van der Waals surface area contributed by atoms with Gasteiger partial charge in [0, 0.05) is 10.7 Å². The van der Waals surface area contributed by atoms with E-state index in [1.54, 1.807) is 55.6 Å². The predicted molar refractivity (Wildman–Crippen MR) is 87.8 cm³/mol. The van der Waals surface area contributed by atoms with E-state index < -0.39 is 6.10 Å². The SMILES string of the molecule is CCC(Oc1cccc(Cl)c1)C(=O)Nc1ccc(OC)cc1. The van der Waals surface area contributed by atoms with Gasteiger partial charge in [-0.05, 0) is 48.9 Å². The molecule has 22 heavy (non-hydrogen) atoms. The standard InChI is InChI=1S/C17H18ClNO3/c1-3-16(22-15-6-4-5-12(18)11-15)17(20)19-13-7-9-14(21-2)10-8-13/h4-11,16H,3H2,1-2H3,(H,19,20). The predicted octanol–water partition coefficient (Wildman–Crippen LogP) is 4.14. The van der Waals surface area contributed by atoms with Crippen molar-refractivity contribution in [3.63, 3.8) is 0 Å². The summed E-state index contributed by atoms with van der Waals surface area (Å²) in [7, 11) is 1.60. The van der Waals surface area contributed by atoms with Gasteiger partial charge in [-0.25, -0.2) is 0 Å². The number of rotatable bonds is 6. The Bertz CT molecular complexity index is 628. The Labute approximate surface area is 135 Å². The summed E-state index contributed by atoms with van der Waals surface area (Å²) in [5.41, 5.74) is 0.693. The second kappa shape index (κ2) is 7.71. The molecular formula is C17H18ClNO3. The summed E-state index contributed by atoms with van der Waals surface area (Å²) in [5.74, 6) is 1.11. The lowest BCUT2D eigenvalue weighted by molar-refractivity contribution is -0.122. The number of anilines is 1. The molecule has 0 aliphatic heterocycles. The van der Waals surface area contributed by atoms with Gasteiger partial charge in [0.2, 0.25) is 0 Å². The quantitative estimate of drug-likeness (QED) is 0.870. The fourth-order valence-electron chi connectivity index (χ4n) is 1.92. The van der Waals surface area contributed by atoms with Crippen LogP contribution in [-0.4, -0.2) is 19.1 Å². The molecule has 2 aromatic carbocycles. The first-order valence-electron chi connectivity index (χ1n) is 6.99. The van der Waals surface area contributed by atoms with Crippen LogP contribution in [0.25, 0.3) is 0 Å². The van der Waals surface area contributed by atoms with E-state index in [4.69, 9.17) is 21.1 Å². The van der Waals surface area contributed by atoms with Crippen LogP contribution in [0.5, 0.6) is 11.5 Å². The number of benzene rings is 2. The first-order valence-corrected chi connectivity index (χ1v) is 7.37. The van der Waals surface area contributed by atoms with E-state index in [1.165, 1.54) is 0 Å². The molecule has 0 spiro atoms. The molecule has 5 heteroatoms. The molecule has 0 aliphatic rings. The summed E-state index contributed by atoms with van der Waals surface area (Å²) < 4.78 is 10.8. The summed E-state index contributed by atoms with van der Waals surface area (Å²) in [6, 6.07) is 14.1. The summed E-state index contributed by atoms with van der Waals surface area (Å²) in [6.07, 6.45) is -0.0327. The zero-order valence-electron chi connectivity index (χ0n) is 12.5. The third-order valence-electron chi connectivity index (χ3n) is 3.10. The Morgan fingerprint density at radius 3 is 2.50 bits per heavy atom. The maximum atomic E-state index is 12.3.